The number of rotatable bonds is 4. The Morgan fingerprint density at radius 3 is 2.86 bits per heavy atom. The van der Waals surface area contributed by atoms with Crippen molar-refractivity contribution in [2.75, 3.05) is 11.1 Å². The molecule has 1 rings (SSSR count). The molecule has 4 nitrogen and oxygen atoms in total. The molecule has 0 aliphatic carbocycles. The Balaban J connectivity index is 2.76. The predicted molar refractivity (Wildman–Crippen MR) is 54.6 cm³/mol. The molecule has 0 amide bonds. The fourth-order valence-corrected chi connectivity index (χ4v) is 0.915. The van der Waals surface area contributed by atoms with Crippen LogP contribution < -0.4 is 11.1 Å². The topological polar surface area (TPSA) is 63.8 Å². The summed E-state index contributed by atoms with van der Waals surface area (Å²) in [5.74, 6) is 0.655. The van der Waals surface area contributed by atoms with E-state index < -0.39 is 6.67 Å². The number of nitrogen functional groups attached to an aromatic ring is 1. The van der Waals surface area contributed by atoms with Crippen LogP contribution in [0.3, 0.4) is 0 Å². The van der Waals surface area contributed by atoms with Crippen LogP contribution in [0.1, 0.15) is 25.8 Å². The zero-order valence-corrected chi connectivity index (χ0v) is 8.42. The monoisotopic (exact) mass is 198 g/mol. The van der Waals surface area contributed by atoms with E-state index in [4.69, 9.17) is 5.73 Å². The van der Waals surface area contributed by atoms with Crippen LogP contribution in [0.25, 0.3) is 0 Å². The average molecular weight is 198 g/mol. The number of anilines is 2. The third kappa shape index (κ3) is 2.55. The SMILES string of the molecule is CC[C@@H](C)Nc1ncc(CF)c(N)n1. The van der Waals surface area contributed by atoms with Crippen molar-refractivity contribution in [3.8, 4) is 0 Å². The first-order valence-electron chi connectivity index (χ1n) is 4.61. The van der Waals surface area contributed by atoms with Gasteiger partial charge in [0.15, 0.2) is 0 Å². The second-order valence-electron chi connectivity index (χ2n) is 3.19. The summed E-state index contributed by atoms with van der Waals surface area (Å²) in [5.41, 5.74) is 5.85. The summed E-state index contributed by atoms with van der Waals surface area (Å²) in [6, 6.07) is 0.283. The Bertz CT molecular complexity index is 303. The fraction of sp³-hybridized carbons (Fsp3) is 0.556. The van der Waals surface area contributed by atoms with Crippen LogP contribution in [-0.4, -0.2) is 16.0 Å². The number of hydrogen-bond donors (Lipinski definition) is 2. The summed E-state index contributed by atoms with van der Waals surface area (Å²) in [5, 5.41) is 3.06. The molecular formula is C9H15FN4. The number of hydrogen-bond acceptors (Lipinski definition) is 4. The molecule has 14 heavy (non-hydrogen) atoms. The molecule has 0 unspecified atom stereocenters. The molecule has 1 heterocycles. The molecule has 0 radical (unpaired) electrons. The van der Waals surface area contributed by atoms with E-state index in [0.717, 1.165) is 6.42 Å². The van der Waals surface area contributed by atoms with E-state index in [2.05, 4.69) is 22.2 Å². The molecule has 0 aliphatic rings. The van der Waals surface area contributed by atoms with E-state index in [1.54, 1.807) is 0 Å². The quantitative estimate of drug-likeness (QED) is 0.773. The van der Waals surface area contributed by atoms with Crippen molar-refractivity contribution in [3.05, 3.63) is 11.8 Å². The maximum atomic E-state index is 12.3. The molecule has 0 aliphatic heterocycles. The van der Waals surface area contributed by atoms with Gasteiger partial charge in [-0.25, -0.2) is 9.37 Å². The molecule has 0 bridgehead atoms. The van der Waals surface area contributed by atoms with Gasteiger partial charge in [-0.3, -0.25) is 0 Å². The number of halogens is 1. The molecule has 1 atom stereocenters. The van der Waals surface area contributed by atoms with Crippen molar-refractivity contribution < 1.29 is 4.39 Å². The molecule has 1 aromatic heterocycles. The molecule has 0 aromatic carbocycles. The molecule has 78 valence electrons. The molecular weight excluding hydrogens is 183 g/mol. The summed E-state index contributed by atoms with van der Waals surface area (Å²) < 4.78 is 12.3. The lowest BCUT2D eigenvalue weighted by atomic mass is 10.3. The van der Waals surface area contributed by atoms with E-state index in [1.165, 1.54) is 6.20 Å². The van der Waals surface area contributed by atoms with Crippen molar-refractivity contribution >= 4 is 11.8 Å². The molecule has 0 saturated heterocycles. The summed E-state index contributed by atoms with van der Waals surface area (Å²) >= 11 is 0. The Labute approximate surface area is 82.8 Å². The van der Waals surface area contributed by atoms with E-state index >= 15 is 0 Å². The van der Waals surface area contributed by atoms with Gasteiger partial charge in [0.2, 0.25) is 5.95 Å². The maximum Gasteiger partial charge on any atom is 0.224 e. The number of alkyl halides is 1. The summed E-state index contributed by atoms with van der Waals surface area (Å²) in [6.45, 7) is 3.44. The maximum absolute atomic E-state index is 12.3. The highest BCUT2D eigenvalue weighted by molar-refractivity contribution is 5.42. The first kappa shape index (κ1) is 10.7. The minimum absolute atomic E-state index is 0.202. The standard InChI is InChI=1S/C9H15FN4/c1-3-6(2)13-9-12-5-7(4-10)8(11)14-9/h5-6H,3-4H2,1-2H3,(H3,11,12,13,14)/t6-/m1/s1. The molecule has 0 fully saturated rings. The van der Waals surface area contributed by atoms with Crippen molar-refractivity contribution in [2.24, 2.45) is 0 Å². The number of nitrogens with two attached hydrogens (primary N) is 1. The van der Waals surface area contributed by atoms with Crippen molar-refractivity contribution in [3.63, 3.8) is 0 Å². The lowest BCUT2D eigenvalue weighted by Crippen LogP contribution is -2.16. The Kier molecular flexibility index (Phi) is 3.62. The first-order valence-corrected chi connectivity index (χ1v) is 4.61. The van der Waals surface area contributed by atoms with Crippen LogP contribution in [0.15, 0.2) is 6.20 Å². The Hall–Kier alpha value is -1.39. The van der Waals surface area contributed by atoms with Crippen molar-refractivity contribution in [2.45, 2.75) is 33.0 Å². The van der Waals surface area contributed by atoms with E-state index in [0.29, 0.717) is 11.5 Å². The highest BCUT2D eigenvalue weighted by Gasteiger charge is 2.05. The van der Waals surface area contributed by atoms with Gasteiger partial charge in [0.25, 0.3) is 0 Å². The zero-order valence-electron chi connectivity index (χ0n) is 8.42. The first-order chi connectivity index (χ1) is 6.67. The van der Waals surface area contributed by atoms with Crippen molar-refractivity contribution in [1.82, 2.24) is 9.97 Å². The van der Waals surface area contributed by atoms with Gasteiger partial charge in [-0.15, -0.1) is 0 Å². The molecule has 3 N–H and O–H groups in total. The van der Waals surface area contributed by atoms with Gasteiger partial charge in [0.1, 0.15) is 12.5 Å². The van der Waals surface area contributed by atoms with Gasteiger partial charge < -0.3 is 11.1 Å². The van der Waals surface area contributed by atoms with Crippen LogP contribution in [0.2, 0.25) is 0 Å². The van der Waals surface area contributed by atoms with Gasteiger partial charge in [-0.1, -0.05) is 6.92 Å². The average Bonchev–Trinajstić information content (AvgIpc) is 2.18. The van der Waals surface area contributed by atoms with Crippen molar-refractivity contribution in [1.29, 1.82) is 0 Å². The van der Waals surface area contributed by atoms with E-state index in [-0.39, 0.29) is 11.9 Å². The van der Waals surface area contributed by atoms with Crippen LogP contribution in [0.5, 0.6) is 0 Å². The number of nitrogens with zero attached hydrogens (tertiary/aromatic N) is 2. The van der Waals surface area contributed by atoms with Crippen LogP contribution in [-0.2, 0) is 6.67 Å². The molecule has 0 saturated carbocycles. The van der Waals surface area contributed by atoms with Crippen LogP contribution in [0.4, 0.5) is 16.2 Å². The normalized spacial score (nSPS) is 12.5. The lowest BCUT2D eigenvalue weighted by molar-refractivity contribution is 0.484. The highest BCUT2D eigenvalue weighted by atomic mass is 19.1. The number of nitrogens with one attached hydrogen (secondary N) is 1. The smallest absolute Gasteiger partial charge is 0.224 e. The minimum Gasteiger partial charge on any atom is -0.383 e. The lowest BCUT2D eigenvalue weighted by Gasteiger charge is -2.11. The summed E-state index contributed by atoms with van der Waals surface area (Å²) in [7, 11) is 0. The second kappa shape index (κ2) is 4.74. The predicted octanol–water partition coefficient (Wildman–Crippen LogP) is 1.74. The van der Waals surface area contributed by atoms with E-state index in [1.807, 2.05) is 6.92 Å². The highest BCUT2D eigenvalue weighted by Crippen LogP contribution is 2.11. The summed E-state index contributed by atoms with van der Waals surface area (Å²) in [6.07, 6.45) is 2.38. The fourth-order valence-electron chi connectivity index (χ4n) is 0.915. The van der Waals surface area contributed by atoms with Crippen LogP contribution in [0, 0.1) is 0 Å². The minimum atomic E-state index is -0.630. The number of aromatic nitrogens is 2. The van der Waals surface area contributed by atoms with Gasteiger partial charge in [0.05, 0.1) is 0 Å². The van der Waals surface area contributed by atoms with Gasteiger partial charge in [-0.2, -0.15) is 4.98 Å². The largest absolute Gasteiger partial charge is 0.383 e. The zero-order chi connectivity index (χ0) is 10.6. The van der Waals surface area contributed by atoms with Gasteiger partial charge in [0, 0.05) is 17.8 Å². The Morgan fingerprint density at radius 2 is 2.36 bits per heavy atom. The second-order valence-corrected chi connectivity index (χ2v) is 3.19. The Morgan fingerprint density at radius 1 is 1.64 bits per heavy atom. The van der Waals surface area contributed by atoms with Gasteiger partial charge >= 0.3 is 0 Å². The summed E-state index contributed by atoms with van der Waals surface area (Å²) in [4.78, 5) is 7.90. The molecule has 1 aromatic rings. The van der Waals surface area contributed by atoms with E-state index in [9.17, 15) is 4.39 Å². The molecule has 5 heteroatoms. The van der Waals surface area contributed by atoms with Gasteiger partial charge in [-0.05, 0) is 13.3 Å². The third-order valence-electron chi connectivity index (χ3n) is 2.03. The third-order valence-corrected chi connectivity index (χ3v) is 2.03. The van der Waals surface area contributed by atoms with Crippen LogP contribution >= 0.6 is 0 Å². The molecule has 0 spiro atoms.